The zero-order chi connectivity index (χ0) is 10.8. The Kier molecular flexibility index (Phi) is 2.15. The fraction of sp³-hybridized carbons (Fsp3) is 0. The molecule has 0 atom stereocenters. The monoisotopic (exact) mass is 204 g/mol. The van der Waals surface area contributed by atoms with Crippen molar-refractivity contribution in [3.8, 4) is 11.1 Å². The van der Waals surface area contributed by atoms with Crippen molar-refractivity contribution in [1.82, 2.24) is 4.98 Å². The minimum absolute atomic E-state index is 1.05. The molecule has 1 aromatic heterocycles. The van der Waals surface area contributed by atoms with E-state index < -0.39 is 0 Å². The second-order valence-corrected chi connectivity index (χ2v) is 3.67. The average Bonchev–Trinajstić information content (AvgIpc) is 2.39. The van der Waals surface area contributed by atoms with Crippen LogP contribution in [0.3, 0.4) is 0 Å². The third-order valence-electron chi connectivity index (χ3n) is 2.66. The molecule has 1 heterocycles. The van der Waals surface area contributed by atoms with Crippen molar-refractivity contribution in [3.63, 3.8) is 0 Å². The highest BCUT2D eigenvalue weighted by molar-refractivity contribution is 5.93. The molecule has 0 bridgehead atoms. The molecule has 2 aromatic carbocycles. The molecule has 3 aromatic rings. The van der Waals surface area contributed by atoms with Gasteiger partial charge in [-0.25, -0.2) is 0 Å². The predicted octanol–water partition coefficient (Wildman–Crippen LogP) is 3.70. The third-order valence-corrected chi connectivity index (χ3v) is 2.66. The summed E-state index contributed by atoms with van der Waals surface area (Å²) >= 11 is 0. The zero-order valence-corrected chi connectivity index (χ0v) is 8.72. The molecule has 16 heavy (non-hydrogen) atoms. The maximum atomic E-state index is 4.45. The van der Waals surface area contributed by atoms with Crippen LogP contribution in [0, 0.1) is 6.07 Å². The van der Waals surface area contributed by atoms with E-state index >= 15 is 0 Å². The first-order chi connectivity index (χ1) is 7.95. The van der Waals surface area contributed by atoms with Gasteiger partial charge < -0.3 is 0 Å². The van der Waals surface area contributed by atoms with E-state index in [-0.39, 0.29) is 0 Å². The predicted molar refractivity (Wildman–Crippen MR) is 66.0 cm³/mol. The highest BCUT2D eigenvalue weighted by atomic mass is 14.6. The van der Waals surface area contributed by atoms with Crippen molar-refractivity contribution in [2.24, 2.45) is 0 Å². The maximum absolute atomic E-state index is 4.45. The standard InChI is InChI=1S/C15H10N/c1-2-6-12(7-3-1)14-10-4-8-13-9-5-11-16-15(13)14/h2-11H. The quantitative estimate of drug-likeness (QED) is 0.589. The number of fused-ring (bicyclic) bond motifs is 1. The van der Waals surface area contributed by atoms with E-state index in [1.165, 1.54) is 16.5 Å². The summed E-state index contributed by atoms with van der Waals surface area (Å²) in [5.74, 6) is 0. The molecular weight excluding hydrogens is 194 g/mol. The molecule has 0 saturated heterocycles. The molecular formula is C15H10N. The Morgan fingerprint density at radius 1 is 0.875 bits per heavy atom. The van der Waals surface area contributed by atoms with Gasteiger partial charge in [0.15, 0.2) is 0 Å². The lowest BCUT2D eigenvalue weighted by Gasteiger charge is -2.04. The topological polar surface area (TPSA) is 12.9 Å². The second kappa shape index (κ2) is 3.78. The number of aromatic nitrogens is 1. The van der Waals surface area contributed by atoms with Crippen LogP contribution in [0.25, 0.3) is 22.0 Å². The first-order valence-electron chi connectivity index (χ1n) is 5.25. The van der Waals surface area contributed by atoms with Gasteiger partial charge in [-0.1, -0.05) is 48.5 Å². The molecule has 0 amide bonds. The van der Waals surface area contributed by atoms with Crippen LogP contribution in [0.1, 0.15) is 0 Å². The molecule has 0 aliphatic rings. The van der Waals surface area contributed by atoms with Crippen molar-refractivity contribution in [3.05, 3.63) is 66.9 Å². The number of nitrogens with zero attached hydrogens (tertiary/aromatic N) is 1. The van der Waals surface area contributed by atoms with Gasteiger partial charge in [0.1, 0.15) is 0 Å². The Balaban J connectivity index is 2.32. The molecule has 1 nitrogen and oxygen atoms in total. The Bertz CT molecular complexity index is 609. The van der Waals surface area contributed by atoms with E-state index in [1.807, 2.05) is 24.4 Å². The number of hydrogen-bond acceptors (Lipinski definition) is 1. The molecule has 1 radical (unpaired) electrons. The lowest BCUT2D eigenvalue weighted by molar-refractivity contribution is 1.41. The van der Waals surface area contributed by atoms with Gasteiger partial charge >= 0.3 is 0 Å². The van der Waals surface area contributed by atoms with Gasteiger partial charge in [-0.2, -0.15) is 0 Å². The molecule has 0 saturated carbocycles. The van der Waals surface area contributed by atoms with Gasteiger partial charge in [0, 0.05) is 17.1 Å². The van der Waals surface area contributed by atoms with Crippen LogP contribution in [0.15, 0.2) is 60.8 Å². The third kappa shape index (κ3) is 1.47. The van der Waals surface area contributed by atoms with Crippen LogP contribution in [0.4, 0.5) is 0 Å². The Labute approximate surface area is 94.4 Å². The van der Waals surface area contributed by atoms with E-state index in [0.29, 0.717) is 0 Å². The summed E-state index contributed by atoms with van der Waals surface area (Å²) in [5, 5.41) is 1.17. The summed E-state index contributed by atoms with van der Waals surface area (Å²) in [4.78, 5) is 4.45. The second-order valence-electron chi connectivity index (χ2n) is 3.67. The van der Waals surface area contributed by atoms with Crippen LogP contribution in [-0.4, -0.2) is 4.98 Å². The molecule has 0 fully saturated rings. The highest BCUT2D eigenvalue weighted by Crippen LogP contribution is 2.26. The van der Waals surface area contributed by atoms with Crippen LogP contribution >= 0.6 is 0 Å². The van der Waals surface area contributed by atoms with Crippen molar-refractivity contribution < 1.29 is 0 Å². The van der Waals surface area contributed by atoms with Crippen molar-refractivity contribution in [2.45, 2.75) is 0 Å². The van der Waals surface area contributed by atoms with Crippen molar-refractivity contribution in [2.75, 3.05) is 0 Å². The number of pyridine rings is 1. The summed E-state index contributed by atoms with van der Waals surface area (Å²) in [7, 11) is 0. The van der Waals surface area contributed by atoms with Crippen LogP contribution in [0.2, 0.25) is 0 Å². The van der Waals surface area contributed by atoms with Crippen molar-refractivity contribution in [1.29, 1.82) is 0 Å². The molecule has 3 rings (SSSR count). The summed E-state index contributed by atoms with van der Waals surface area (Å²) < 4.78 is 0. The van der Waals surface area contributed by atoms with E-state index in [1.54, 1.807) is 0 Å². The Morgan fingerprint density at radius 3 is 2.56 bits per heavy atom. The number of benzene rings is 2. The maximum Gasteiger partial charge on any atom is 0.0780 e. The Hall–Kier alpha value is -2.15. The lowest BCUT2D eigenvalue weighted by Crippen LogP contribution is -1.83. The van der Waals surface area contributed by atoms with Crippen LogP contribution in [0.5, 0.6) is 0 Å². The molecule has 1 heteroatoms. The van der Waals surface area contributed by atoms with Crippen molar-refractivity contribution >= 4 is 10.9 Å². The van der Waals surface area contributed by atoms with Gasteiger partial charge in [0.05, 0.1) is 5.52 Å². The van der Waals surface area contributed by atoms with Crippen LogP contribution in [-0.2, 0) is 0 Å². The van der Waals surface area contributed by atoms with E-state index in [4.69, 9.17) is 0 Å². The van der Waals surface area contributed by atoms with Crippen LogP contribution < -0.4 is 0 Å². The number of rotatable bonds is 1. The van der Waals surface area contributed by atoms with Gasteiger partial charge in [-0.3, -0.25) is 4.98 Å². The minimum Gasteiger partial charge on any atom is -0.256 e. The molecule has 0 aliphatic heterocycles. The largest absolute Gasteiger partial charge is 0.256 e. The summed E-state index contributed by atoms with van der Waals surface area (Å²) in [6.07, 6.45) is 1.83. The molecule has 0 spiro atoms. The Morgan fingerprint density at radius 2 is 1.69 bits per heavy atom. The van der Waals surface area contributed by atoms with Gasteiger partial charge in [0.2, 0.25) is 0 Å². The fourth-order valence-corrected chi connectivity index (χ4v) is 1.90. The normalized spacial score (nSPS) is 10.5. The molecule has 0 N–H and O–H groups in total. The lowest BCUT2D eigenvalue weighted by atomic mass is 10.0. The minimum atomic E-state index is 1.05. The van der Waals surface area contributed by atoms with Gasteiger partial charge in [0.25, 0.3) is 0 Å². The van der Waals surface area contributed by atoms with Gasteiger partial charge in [-0.15, -0.1) is 0 Å². The highest BCUT2D eigenvalue weighted by Gasteiger charge is 2.02. The zero-order valence-electron chi connectivity index (χ0n) is 8.72. The van der Waals surface area contributed by atoms with E-state index in [0.717, 1.165) is 5.52 Å². The molecule has 0 unspecified atom stereocenters. The first-order valence-corrected chi connectivity index (χ1v) is 5.25. The summed E-state index contributed by atoms with van der Waals surface area (Å²) in [5.41, 5.74) is 3.41. The van der Waals surface area contributed by atoms with Gasteiger partial charge in [-0.05, 0) is 17.7 Å². The number of hydrogen-bond donors (Lipinski definition) is 0. The molecule has 75 valence electrons. The number of para-hydroxylation sites is 1. The smallest absolute Gasteiger partial charge is 0.0780 e. The van der Waals surface area contributed by atoms with E-state index in [9.17, 15) is 0 Å². The SMILES string of the molecule is [c]1ccc(-c2cccc3cccnc23)cc1. The summed E-state index contributed by atoms with van der Waals surface area (Å²) in [6, 6.07) is 21.3. The fourth-order valence-electron chi connectivity index (χ4n) is 1.90. The summed E-state index contributed by atoms with van der Waals surface area (Å²) in [6.45, 7) is 0. The average molecular weight is 204 g/mol. The first kappa shape index (κ1) is 9.10. The molecule has 0 aliphatic carbocycles. The van der Waals surface area contributed by atoms with E-state index in [2.05, 4.69) is 47.4 Å².